The van der Waals surface area contributed by atoms with Crippen molar-refractivity contribution in [1.29, 1.82) is 5.26 Å². The average molecular weight is 359 g/mol. The number of nitriles is 1. The predicted octanol–water partition coefficient (Wildman–Crippen LogP) is 2.41. The van der Waals surface area contributed by atoms with Crippen LogP contribution in [0.15, 0.2) is 40.3 Å². The first-order valence-electron chi connectivity index (χ1n) is 8.17. The molecule has 2 aromatic rings. The lowest BCUT2D eigenvalue weighted by Gasteiger charge is -2.21. The number of hydrogen-bond donors (Lipinski definition) is 1. The Labute approximate surface area is 150 Å². The molecule has 1 N–H and O–H groups in total. The van der Waals surface area contributed by atoms with E-state index in [9.17, 15) is 9.59 Å². The Bertz CT molecular complexity index is 778. The molecular formula is C17H21N5O2S. The number of thioether (sulfide) groups is 1. The number of aromatic amines is 1. The fraction of sp³-hybridized carbons (Fsp3) is 0.412. The summed E-state index contributed by atoms with van der Waals surface area (Å²) in [7, 11) is 0. The minimum absolute atomic E-state index is 0.121. The van der Waals surface area contributed by atoms with E-state index < -0.39 is 0 Å². The maximum Gasteiger partial charge on any atom is 0.343 e. The molecule has 0 spiro atoms. The van der Waals surface area contributed by atoms with Crippen molar-refractivity contribution in [2.75, 3.05) is 17.2 Å². The number of para-hydroxylation sites is 1. The van der Waals surface area contributed by atoms with Crippen LogP contribution in [0.3, 0.4) is 0 Å². The van der Waals surface area contributed by atoms with Gasteiger partial charge in [0.15, 0.2) is 5.16 Å². The van der Waals surface area contributed by atoms with Gasteiger partial charge in [-0.3, -0.25) is 9.36 Å². The quantitative estimate of drug-likeness (QED) is 0.694. The van der Waals surface area contributed by atoms with E-state index in [1.54, 1.807) is 9.47 Å². The molecule has 0 aliphatic heterocycles. The molecule has 0 aliphatic carbocycles. The number of aromatic nitrogens is 3. The molecule has 2 rings (SSSR count). The Balaban J connectivity index is 2.06. The summed E-state index contributed by atoms with van der Waals surface area (Å²) in [6.45, 7) is 2.97. The minimum atomic E-state index is -0.257. The van der Waals surface area contributed by atoms with E-state index in [2.05, 4.69) is 16.3 Å². The number of nitrogens with zero attached hydrogens (tertiary/aromatic N) is 4. The van der Waals surface area contributed by atoms with Gasteiger partial charge in [-0.05, 0) is 18.6 Å². The summed E-state index contributed by atoms with van der Waals surface area (Å²) < 4.78 is 1.56. The highest BCUT2D eigenvalue weighted by Gasteiger charge is 2.17. The number of carbonyl (C=O) groups excluding carboxylic acids is 1. The van der Waals surface area contributed by atoms with Crippen LogP contribution in [0.4, 0.5) is 5.69 Å². The van der Waals surface area contributed by atoms with Crippen LogP contribution in [0.25, 0.3) is 0 Å². The zero-order valence-corrected chi connectivity index (χ0v) is 15.0. The van der Waals surface area contributed by atoms with Crippen molar-refractivity contribution in [3.63, 3.8) is 0 Å². The SMILES string of the molecule is CCCCn1c(SCC(=O)N(CCC#N)c2ccccc2)n[nH]c1=O. The van der Waals surface area contributed by atoms with Crippen LogP contribution in [0.2, 0.25) is 0 Å². The molecule has 25 heavy (non-hydrogen) atoms. The number of nitrogens with one attached hydrogen (secondary N) is 1. The molecule has 1 aromatic heterocycles. The van der Waals surface area contributed by atoms with Crippen molar-refractivity contribution in [1.82, 2.24) is 14.8 Å². The van der Waals surface area contributed by atoms with Crippen molar-refractivity contribution in [3.8, 4) is 6.07 Å². The zero-order chi connectivity index (χ0) is 18.1. The lowest BCUT2D eigenvalue weighted by atomic mass is 10.2. The largest absolute Gasteiger partial charge is 0.343 e. The Kier molecular flexibility index (Phi) is 7.29. The van der Waals surface area contributed by atoms with E-state index in [0.29, 0.717) is 18.2 Å². The summed E-state index contributed by atoms with van der Waals surface area (Å²) in [5, 5.41) is 15.8. The summed E-state index contributed by atoms with van der Waals surface area (Å²) in [6.07, 6.45) is 2.10. The summed E-state index contributed by atoms with van der Waals surface area (Å²) in [5.74, 6) is 0.0282. The van der Waals surface area contributed by atoms with E-state index in [1.165, 1.54) is 11.8 Å². The van der Waals surface area contributed by atoms with Crippen LogP contribution < -0.4 is 10.6 Å². The van der Waals surface area contributed by atoms with Gasteiger partial charge in [-0.15, -0.1) is 5.10 Å². The molecule has 0 saturated carbocycles. The molecule has 132 valence electrons. The van der Waals surface area contributed by atoms with Crippen LogP contribution in [0, 0.1) is 11.3 Å². The smallest absolute Gasteiger partial charge is 0.311 e. The maximum atomic E-state index is 12.6. The Hall–Kier alpha value is -2.53. The second-order valence-corrected chi connectivity index (χ2v) is 6.34. The third-order valence-electron chi connectivity index (χ3n) is 3.60. The molecule has 1 amide bonds. The highest BCUT2D eigenvalue weighted by Crippen LogP contribution is 2.19. The van der Waals surface area contributed by atoms with Gasteiger partial charge in [-0.2, -0.15) is 5.26 Å². The molecule has 0 radical (unpaired) electrons. The van der Waals surface area contributed by atoms with Gasteiger partial charge in [0.25, 0.3) is 0 Å². The molecule has 0 unspecified atom stereocenters. The molecule has 0 bridgehead atoms. The van der Waals surface area contributed by atoms with Gasteiger partial charge < -0.3 is 4.90 Å². The maximum absolute atomic E-state index is 12.6. The Morgan fingerprint density at radius 1 is 1.40 bits per heavy atom. The highest BCUT2D eigenvalue weighted by molar-refractivity contribution is 7.99. The third kappa shape index (κ3) is 5.22. The number of carbonyl (C=O) groups is 1. The normalized spacial score (nSPS) is 10.4. The van der Waals surface area contributed by atoms with Gasteiger partial charge in [0.2, 0.25) is 5.91 Å². The first-order chi connectivity index (χ1) is 12.2. The Morgan fingerprint density at radius 2 is 2.16 bits per heavy atom. The first kappa shape index (κ1) is 18.8. The Morgan fingerprint density at radius 3 is 2.84 bits per heavy atom. The molecule has 1 aromatic carbocycles. The van der Waals surface area contributed by atoms with Crippen LogP contribution in [-0.2, 0) is 11.3 Å². The van der Waals surface area contributed by atoms with Crippen LogP contribution in [-0.4, -0.2) is 33.0 Å². The molecule has 0 fully saturated rings. The number of amides is 1. The second-order valence-electron chi connectivity index (χ2n) is 5.39. The van der Waals surface area contributed by atoms with Crippen molar-refractivity contribution in [3.05, 3.63) is 40.8 Å². The lowest BCUT2D eigenvalue weighted by molar-refractivity contribution is -0.116. The molecule has 7 nitrogen and oxygen atoms in total. The summed E-state index contributed by atoms with van der Waals surface area (Å²) in [4.78, 5) is 26.0. The van der Waals surface area contributed by atoms with Crippen molar-refractivity contribution >= 4 is 23.4 Å². The van der Waals surface area contributed by atoms with E-state index in [4.69, 9.17) is 5.26 Å². The van der Waals surface area contributed by atoms with Crippen LogP contribution >= 0.6 is 11.8 Å². The van der Waals surface area contributed by atoms with Crippen LogP contribution in [0.5, 0.6) is 0 Å². The number of benzene rings is 1. The van der Waals surface area contributed by atoms with E-state index in [0.717, 1.165) is 18.5 Å². The zero-order valence-electron chi connectivity index (χ0n) is 14.1. The topological polar surface area (TPSA) is 94.8 Å². The van der Waals surface area contributed by atoms with Gasteiger partial charge in [-0.25, -0.2) is 9.89 Å². The van der Waals surface area contributed by atoms with Gasteiger partial charge in [0.1, 0.15) is 0 Å². The van der Waals surface area contributed by atoms with Gasteiger partial charge in [0.05, 0.1) is 18.2 Å². The number of H-pyrrole nitrogens is 1. The molecule has 0 atom stereocenters. The summed E-state index contributed by atoms with van der Waals surface area (Å²) >= 11 is 1.23. The standard InChI is InChI=1S/C17H21N5O2S/c1-2-3-11-22-16(24)19-20-17(22)25-13-15(23)21(12-7-10-18)14-8-5-4-6-9-14/h4-6,8-9H,2-3,7,11-13H2,1H3,(H,19,24). The lowest BCUT2D eigenvalue weighted by Crippen LogP contribution is -2.33. The summed E-state index contributed by atoms with van der Waals surface area (Å²) in [5.41, 5.74) is 0.501. The van der Waals surface area contributed by atoms with Gasteiger partial charge in [-0.1, -0.05) is 43.3 Å². The number of anilines is 1. The van der Waals surface area contributed by atoms with Crippen molar-refractivity contribution < 1.29 is 4.79 Å². The minimum Gasteiger partial charge on any atom is -0.311 e. The molecule has 0 saturated heterocycles. The van der Waals surface area contributed by atoms with E-state index >= 15 is 0 Å². The number of unbranched alkanes of at least 4 members (excludes halogenated alkanes) is 1. The third-order valence-corrected chi connectivity index (χ3v) is 4.56. The predicted molar refractivity (Wildman–Crippen MR) is 97.5 cm³/mol. The monoisotopic (exact) mass is 359 g/mol. The van der Waals surface area contributed by atoms with E-state index in [1.807, 2.05) is 37.3 Å². The second kappa shape index (κ2) is 9.69. The van der Waals surface area contributed by atoms with Gasteiger partial charge in [0, 0.05) is 18.8 Å². The van der Waals surface area contributed by atoms with Gasteiger partial charge >= 0.3 is 5.69 Å². The summed E-state index contributed by atoms with van der Waals surface area (Å²) in [6, 6.07) is 11.3. The van der Waals surface area contributed by atoms with Crippen molar-refractivity contribution in [2.24, 2.45) is 0 Å². The van der Waals surface area contributed by atoms with Crippen LogP contribution in [0.1, 0.15) is 26.2 Å². The number of rotatable bonds is 9. The molecule has 8 heteroatoms. The first-order valence-corrected chi connectivity index (χ1v) is 9.16. The average Bonchev–Trinajstić information content (AvgIpc) is 2.99. The fourth-order valence-corrected chi connectivity index (χ4v) is 3.15. The molecule has 0 aliphatic rings. The molecular weight excluding hydrogens is 338 g/mol. The van der Waals surface area contributed by atoms with Crippen molar-refractivity contribution in [2.45, 2.75) is 37.9 Å². The van der Waals surface area contributed by atoms with E-state index in [-0.39, 0.29) is 23.8 Å². The fourth-order valence-electron chi connectivity index (χ4n) is 2.30. The number of hydrogen-bond acceptors (Lipinski definition) is 5. The highest BCUT2D eigenvalue weighted by atomic mass is 32.2. The molecule has 1 heterocycles.